The van der Waals surface area contributed by atoms with Gasteiger partial charge in [-0.25, -0.2) is 10.4 Å². The Bertz CT molecular complexity index is 1020. The van der Waals surface area contributed by atoms with Gasteiger partial charge in [-0.2, -0.15) is 5.10 Å². The van der Waals surface area contributed by atoms with Crippen LogP contribution < -0.4 is 10.3 Å². The number of benzene rings is 3. The van der Waals surface area contributed by atoms with Crippen molar-refractivity contribution in [2.45, 2.75) is 13.5 Å². The van der Waals surface area contributed by atoms with Gasteiger partial charge in [-0.05, 0) is 42.3 Å². The number of H-pyrrole nitrogens is 1. The number of aromatic amines is 1. The van der Waals surface area contributed by atoms with E-state index >= 15 is 0 Å². The minimum atomic E-state index is 0.633. The van der Waals surface area contributed by atoms with Gasteiger partial charge in [0, 0.05) is 18.8 Å². The first-order valence-corrected chi connectivity index (χ1v) is 9.44. The minimum Gasteiger partial charge on any atom is -0.367 e. The summed E-state index contributed by atoms with van der Waals surface area (Å²) in [6, 6.07) is 26.9. The molecule has 2 N–H and O–H groups in total. The summed E-state index contributed by atoms with van der Waals surface area (Å²) in [6.07, 6.45) is 1.80. The molecule has 0 amide bonds. The monoisotopic (exact) mass is 369 g/mol. The van der Waals surface area contributed by atoms with Crippen LogP contribution in [0.15, 0.2) is 84.0 Å². The van der Waals surface area contributed by atoms with Gasteiger partial charge in [0.15, 0.2) is 0 Å². The molecule has 5 nitrogen and oxygen atoms in total. The van der Waals surface area contributed by atoms with Crippen LogP contribution in [0.5, 0.6) is 0 Å². The number of imidazole rings is 1. The lowest BCUT2D eigenvalue weighted by atomic mass is 10.1. The van der Waals surface area contributed by atoms with Crippen LogP contribution in [-0.2, 0) is 6.54 Å². The molecule has 4 aromatic rings. The topological polar surface area (TPSA) is 56.3 Å². The molecule has 0 atom stereocenters. The van der Waals surface area contributed by atoms with E-state index in [4.69, 9.17) is 0 Å². The summed E-state index contributed by atoms with van der Waals surface area (Å²) in [5, 5.41) is 4.29. The number of anilines is 2. The Morgan fingerprint density at radius 3 is 2.46 bits per heavy atom. The van der Waals surface area contributed by atoms with E-state index in [9.17, 15) is 0 Å². The average molecular weight is 369 g/mol. The molecule has 0 fully saturated rings. The number of aromatic nitrogens is 2. The first-order valence-electron chi connectivity index (χ1n) is 9.44. The fourth-order valence-electron chi connectivity index (χ4n) is 3.13. The van der Waals surface area contributed by atoms with Gasteiger partial charge in [0.05, 0.1) is 17.2 Å². The molecule has 4 rings (SSSR count). The van der Waals surface area contributed by atoms with Crippen LogP contribution >= 0.6 is 0 Å². The van der Waals surface area contributed by atoms with Crippen molar-refractivity contribution in [3.05, 3.63) is 90.0 Å². The predicted molar refractivity (Wildman–Crippen MR) is 117 cm³/mol. The van der Waals surface area contributed by atoms with Crippen molar-refractivity contribution in [2.75, 3.05) is 16.9 Å². The summed E-state index contributed by atoms with van der Waals surface area (Å²) >= 11 is 0. The summed E-state index contributed by atoms with van der Waals surface area (Å²) in [6.45, 7) is 4.03. The van der Waals surface area contributed by atoms with E-state index in [-0.39, 0.29) is 0 Å². The summed E-state index contributed by atoms with van der Waals surface area (Å²) in [7, 11) is 0. The first-order chi connectivity index (χ1) is 13.8. The Hall–Kier alpha value is -3.60. The van der Waals surface area contributed by atoms with Gasteiger partial charge in [0.25, 0.3) is 0 Å². The van der Waals surface area contributed by atoms with Crippen LogP contribution in [-0.4, -0.2) is 22.7 Å². The van der Waals surface area contributed by atoms with E-state index in [2.05, 4.69) is 80.8 Å². The van der Waals surface area contributed by atoms with E-state index in [1.54, 1.807) is 6.21 Å². The fourth-order valence-corrected chi connectivity index (χ4v) is 3.13. The molecule has 0 unspecified atom stereocenters. The third kappa shape index (κ3) is 4.20. The highest BCUT2D eigenvalue weighted by Crippen LogP contribution is 2.18. The van der Waals surface area contributed by atoms with Crippen molar-refractivity contribution in [3.8, 4) is 0 Å². The maximum Gasteiger partial charge on any atom is 0.222 e. The molecule has 28 heavy (non-hydrogen) atoms. The number of para-hydroxylation sites is 2. The molecule has 0 saturated heterocycles. The van der Waals surface area contributed by atoms with Crippen LogP contribution in [0.3, 0.4) is 0 Å². The molecule has 1 aromatic heterocycles. The number of fused-ring (bicyclic) bond motifs is 1. The lowest BCUT2D eigenvalue weighted by Gasteiger charge is -2.23. The molecule has 0 radical (unpaired) electrons. The summed E-state index contributed by atoms with van der Waals surface area (Å²) < 4.78 is 0. The quantitative estimate of drug-likeness (QED) is 0.355. The molecule has 3 aromatic carbocycles. The molecular formula is C23H23N5. The van der Waals surface area contributed by atoms with Crippen LogP contribution in [0, 0.1) is 0 Å². The maximum atomic E-state index is 4.45. The zero-order valence-corrected chi connectivity index (χ0v) is 15.8. The largest absolute Gasteiger partial charge is 0.367 e. The van der Waals surface area contributed by atoms with Crippen molar-refractivity contribution < 1.29 is 0 Å². The van der Waals surface area contributed by atoms with Gasteiger partial charge in [0.1, 0.15) is 0 Å². The zero-order chi connectivity index (χ0) is 19.2. The van der Waals surface area contributed by atoms with Crippen molar-refractivity contribution in [2.24, 2.45) is 5.10 Å². The molecular weight excluding hydrogens is 346 g/mol. The highest BCUT2D eigenvalue weighted by molar-refractivity contribution is 5.81. The van der Waals surface area contributed by atoms with Crippen LogP contribution in [0.25, 0.3) is 11.0 Å². The summed E-state index contributed by atoms with van der Waals surface area (Å²) in [5.41, 5.74) is 8.41. The van der Waals surface area contributed by atoms with E-state index in [0.29, 0.717) is 5.95 Å². The van der Waals surface area contributed by atoms with E-state index < -0.39 is 0 Å². The molecule has 0 aliphatic carbocycles. The Balaban J connectivity index is 1.40. The van der Waals surface area contributed by atoms with Crippen molar-refractivity contribution in [3.63, 3.8) is 0 Å². The maximum absolute atomic E-state index is 4.45. The lowest BCUT2D eigenvalue weighted by Crippen LogP contribution is -2.21. The van der Waals surface area contributed by atoms with Gasteiger partial charge in [0.2, 0.25) is 5.95 Å². The van der Waals surface area contributed by atoms with Crippen molar-refractivity contribution in [1.29, 1.82) is 0 Å². The van der Waals surface area contributed by atoms with Gasteiger partial charge in [-0.3, -0.25) is 0 Å². The molecule has 0 saturated carbocycles. The molecule has 140 valence electrons. The summed E-state index contributed by atoms with van der Waals surface area (Å²) in [5.74, 6) is 0.633. The Kier molecular flexibility index (Phi) is 5.33. The zero-order valence-electron chi connectivity index (χ0n) is 15.8. The Morgan fingerprint density at radius 2 is 1.71 bits per heavy atom. The molecule has 0 bridgehead atoms. The second kappa shape index (κ2) is 8.39. The number of hydrogen-bond donors (Lipinski definition) is 2. The normalized spacial score (nSPS) is 11.2. The second-order valence-corrected chi connectivity index (χ2v) is 6.56. The highest BCUT2D eigenvalue weighted by Gasteiger charge is 2.05. The number of hydrazone groups is 1. The van der Waals surface area contributed by atoms with Crippen LogP contribution in [0.2, 0.25) is 0 Å². The molecule has 0 aliphatic rings. The third-order valence-corrected chi connectivity index (χ3v) is 4.63. The Labute approximate surface area is 164 Å². The number of nitrogens with zero attached hydrogens (tertiary/aromatic N) is 3. The third-order valence-electron chi connectivity index (χ3n) is 4.63. The molecule has 0 spiro atoms. The van der Waals surface area contributed by atoms with Gasteiger partial charge >= 0.3 is 0 Å². The molecule has 0 aliphatic heterocycles. The second-order valence-electron chi connectivity index (χ2n) is 6.56. The average Bonchev–Trinajstić information content (AvgIpc) is 3.16. The van der Waals surface area contributed by atoms with E-state index in [0.717, 1.165) is 29.7 Å². The number of rotatable bonds is 7. The summed E-state index contributed by atoms with van der Waals surface area (Å²) in [4.78, 5) is 9.99. The van der Waals surface area contributed by atoms with Gasteiger partial charge in [-0.15, -0.1) is 0 Å². The highest BCUT2D eigenvalue weighted by atomic mass is 15.3. The fraction of sp³-hybridized carbons (Fsp3) is 0.130. The first kappa shape index (κ1) is 17.8. The van der Waals surface area contributed by atoms with Crippen LogP contribution in [0.4, 0.5) is 11.6 Å². The standard InChI is InChI=1S/C23H23N5/c1-2-28(17-19-8-4-3-5-9-19)20-14-12-18(13-15-20)16-24-27-23-25-21-10-6-7-11-22(21)26-23/h3-16H,2,17H2,1H3,(H2,25,26,27). The minimum absolute atomic E-state index is 0.633. The van der Waals surface area contributed by atoms with E-state index in [1.165, 1.54) is 11.3 Å². The van der Waals surface area contributed by atoms with Crippen molar-refractivity contribution in [1.82, 2.24) is 9.97 Å². The SMILES string of the molecule is CCN(Cc1ccccc1)c1ccc(C=NNc2nc3ccccc3[nH]2)cc1. The lowest BCUT2D eigenvalue weighted by molar-refractivity contribution is 0.832. The Morgan fingerprint density at radius 1 is 0.964 bits per heavy atom. The number of hydrogen-bond acceptors (Lipinski definition) is 4. The smallest absolute Gasteiger partial charge is 0.222 e. The predicted octanol–water partition coefficient (Wildman–Crippen LogP) is 5.04. The van der Waals surface area contributed by atoms with Crippen LogP contribution in [0.1, 0.15) is 18.1 Å². The van der Waals surface area contributed by atoms with E-state index in [1.807, 2.05) is 30.3 Å². The molecule has 1 heterocycles. The molecule has 5 heteroatoms. The van der Waals surface area contributed by atoms with Crippen molar-refractivity contribution >= 4 is 28.9 Å². The van der Waals surface area contributed by atoms with Gasteiger partial charge in [-0.1, -0.05) is 54.6 Å². The van der Waals surface area contributed by atoms with Gasteiger partial charge < -0.3 is 9.88 Å². The number of nitrogens with one attached hydrogen (secondary N) is 2.